The summed E-state index contributed by atoms with van der Waals surface area (Å²) in [4.78, 5) is 17.0. The third-order valence-corrected chi connectivity index (χ3v) is 5.05. The van der Waals surface area contributed by atoms with Crippen molar-refractivity contribution in [3.8, 4) is 11.5 Å². The van der Waals surface area contributed by atoms with Crippen LogP contribution in [-0.2, 0) is 16.2 Å². The molecule has 0 atom stereocenters. The summed E-state index contributed by atoms with van der Waals surface area (Å²) in [6.45, 7) is 0.965. The SMILES string of the molecule is COc1ccc(C=NOCC(=O)NCCC2=CCCCC2)cc1OCc1ccccc1. The van der Waals surface area contributed by atoms with E-state index in [1.165, 1.54) is 18.4 Å². The minimum absolute atomic E-state index is 0.108. The quantitative estimate of drug-likeness (QED) is 0.326. The van der Waals surface area contributed by atoms with Gasteiger partial charge in [0.05, 0.1) is 13.3 Å². The highest BCUT2D eigenvalue weighted by atomic mass is 16.6. The molecule has 164 valence electrons. The molecule has 2 aromatic carbocycles. The molecule has 2 aromatic rings. The van der Waals surface area contributed by atoms with Crippen LogP contribution in [0.25, 0.3) is 0 Å². The van der Waals surface area contributed by atoms with Crippen molar-refractivity contribution in [2.75, 3.05) is 20.3 Å². The van der Waals surface area contributed by atoms with E-state index in [0.717, 1.165) is 30.4 Å². The predicted molar refractivity (Wildman–Crippen MR) is 121 cm³/mol. The zero-order valence-corrected chi connectivity index (χ0v) is 18.0. The first-order chi connectivity index (χ1) is 15.2. The lowest BCUT2D eigenvalue weighted by molar-refractivity contribution is -0.125. The number of methoxy groups -OCH3 is 1. The molecule has 6 heteroatoms. The molecule has 1 amide bonds. The van der Waals surface area contributed by atoms with Crippen LogP contribution in [0.2, 0.25) is 0 Å². The summed E-state index contributed by atoms with van der Waals surface area (Å²) in [5.41, 5.74) is 3.29. The van der Waals surface area contributed by atoms with Crippen LogP contribution in [-0.4, -0.2) is 32.4 Å². The first-order valence-electron chi connectivity index (χ1n) is 10.7. The molecule has 0 aliphatic heterocycles. The number of nitrogens with zero attached hydrogens (tertiary/aromatic N) is 1. The van der Waals surface area contributed by atoms with Crippen LogP contribution in [0, 0.1) is 0 Å². The van der Waals surface area contributed by atoms with Crippen LogP contribution >= 0.6 is 0 Å². The third-order valence-electron chi connectivity index (χ3n) is 5.05. The molecule has 0 fully saturated rings. The number of ether oxygens (including phenoxy) is 2. The maximum atomic E-state index is 11.9. The van der Waals surface area contributed by atoms with E-state index >= 15 is 0 Å². The second-order valence-electron chi connectivity index (χ2n) is 7.40. The van der Waals surface area contributed by atoms with Crippen LogP contribution in [0.1, 0.15) is 43.2 Å². The van der Waals surface area contributed by atoms with E-state index in [1.807, 2.05) is 48.5 Å². The predicted octanol–water partition coefficient (Wildman–Crippen LogP) is 4.63. The maximum Gasteiger partial charge on any atom is 0.260 e. The highest BCUT2D eigenvalue weighted by Gasteiger charge is 2.07. The van der Waals surface area contributed by atoms with Gasteiger partial charge in [-0.3, -0.25) is 4.79 Å². The molecule has 3 rings (SSSR count). The lowest BCUT2D eigenvalue weighted by Crippen LogP contribution is -2.28. The number of benzene rings is 2. The number of hydrogen-bond donors (Lipinski definition) is 1. The Morgan fingerprint density at radius 2 is 2.00 bits per heavy atom. The van der Waals surface area contributed by atoms with E-state index in [0.29, 0.717) is 24.7 Å². The van der Waals surface area contributed by atoms with Crippen molar-refractivity contribution in [3.05, 3.63) is 71.3 Å². The maximum absolute atomic E-state index is 11.9. The minimum atomic E-state index is -0.171. The lowest BCUT2D eigenvalue weighted by atomic mass is 9.97. The fourth-order valence-corrected chi connectivity index (χ4v) is 3.36. The number of rotatable bonds is 11. The Morgan fingerprint density at radius 1 is 1.13 bits per heavy atom. The van der Waals surface area contributed by atoms with Crippen LogP contribution in [0.4, 0.5) is 0 Å². The van der Waals surface area contributed by atoms with Crippen molar-refractivity contribution in [1.29, 1.82) is 0 Å². The van der Waals surface area contributed by atoms with Crippen molar-refractivity contribution in [2.24, 2.45) is 5.16 Å². The second-order valence-corrected chi connectivity index (χ2v) is 7.40. The molecular weight excluding hydrogens is 392 g/mol. The van der Waals surface area contributed by atoms with Gasteiger partial charge in [0.15, 0.2) is 18.1 Å². The van der Waals surface area contributed by atoms with Gasteiger partial charge in [0.1, 0.15) is 6.61 Å². The van der Waals surface area contributed by atoms with Gasteiger partial charge in [-0.1, -0.05) is 47.1 Å². The normalized spacial score (nSPS) is 13.5. The third kappa shape index (κ3) is 7.81. The van der Waals surface area contributed by atoms with E-state index in [9.17, 15) is 4.79 Å². The Morgan fingerprint density at radius 3 is 2.77 bits per heavy atom. The monoisotopic (exact) mass is 422 g/mol. The van der Waals surface area contributed by atoms with E-state index in [4.69, 9.17) is 14.3 Å². The zero-order valence-electron chi connectivity index (χ0n) is 18.0. The van der Waals surface area contributed by atoms with Crippen LogP contribution in [0.5, 0.6) is 11.5 Å². The standard InChI is InChI=1S/C25H30N2O4/c1-29-23-13-12-22(16-24(23)30-18-21-10-6-3-7-11-21)17-27-31-19-25(28)26-15-14-20-8-4-2-5-9-20/h3,6-8,10-13,16-17H,2,4-5,9,14-15,18-19H2,1H3,(H,26,28). The molecule has 0 spiro atoms. The number of nitrogens with one attached hydrogen (secondary N) is 1. The molecule has 0 heterocycles. The first-order valence-corrected chi connectivity index (χ1v) is 10.7. The van der Waals surface area contributed by atoms with Crippen molar-refractivity contribution < 1.29 is 19.1 Å². The van der Waals surface area contributed by atoms with Crippen molar-refractivity contribution in [1.82, 2.24) is 5.32 Å². The van der Waals surface area contributed by atoms with Gasteiger partial charge in [-0.2, -0.15) is 0 Å². The molecule has 0 saturated heterocycles. The van der Waals surface area contributed by atoms with E-state index in [1.54, 1.807) is 13.3 Å². The van der Waals surface area contributed by atoms with Gasteiger partial charge in [-0.05, 0) is 55.9 Å². The average Bonchev–Trinajstić information content (AvgIpc) is 2.82. The number of oxime groups is 1. The molecule has 0 bridgehead atoms. The molecule has 6 nitrogen and oxygen atoms in total. The molecule has 0 aromatic heterocycles. The number of carbonyl (C=O) groups is 1. The summed E-state index contributed by atoms with van der Waals surface area (Å²) >= 11 is 0. The van der Waals surface area contributed by atoms with Crippen LogP contribution in [0.15, 0.2) is 65.3 Å². The molecular formula is C25H30N2O4. The molecule has 0 unspecified atom stereocenters. The Labute approximate surface area is 183 Å². The van der Waals surface area contributed by atoms with Gasteiger partial charge >= 0.3 is 0 Å². The Hall–Kier alpha value is -3.28. The largest absolute Gasteiger partial charge is 0.493 e. The summed E-state index contributed by atoms with van der Waals surface area (Å²) in [6.07, 6.45) is 9.59. The van der Waals surface area contributed by atoms with Crippen LogP contribution < -0.4 is 14.8 Å². The highest BCUT2D eigenvalue weighted by molar-refractivity contribution is 5.81. The van der Waals surface area contributed by atoms with Crippen molar-refractivity contribution in [3.63, 3.8) is 0 Å². The molecule has 31 heavy (non-hydrogen) atoms. The highest BCUT2D eigenvalue weighted by Crippen LogP contribution is 2.28. The lowest BCUT2D eigenvalue weighted by Gasteiger charge is -2.12. The topological polar surface area (TPSA) is 69.2 Å². The first kappa shape index (κ1) is 22.4. The second kappa shape index (κ2) is 12.4. The summed E-state index contributed by atoms with van der Waals surface area (Å²) in [6, 6.07) is 15.4. The fourth-order valence-electron chi connectivity index (χ4n) is 3.36. The van der Waals surface area contributed by atoms with Crippen LogP contribution in [0.3, 0.4) is 0 Å². The Bertz CT molecular complexity index is 894. The molecule has 1 aliphatic rings. The van der Waals surface area contributed by atoms with E-state index < -0.39 is 0 Å². The van der Waals surface area contributed by atoms with Crippen molar-refractivity contribution in [2.45, 2.75) is 38.7 Å². The number of amides is 1. The molecule has 0 radical (unpaired) electrons. The number of hydrogen-bond acceptors (Lipinski definition) is 5. The minimum Gasteiger partial charge on any atom is -0.493 e. The number of carbonyl (C=O) groups excluding carboxylic acids is 1. The smallest absolute Gasteiger partial charge is 0.260 e. The van der Waals surface area contributed by atoms with Gasteiger partial charge in [0.25, 0.3) is 5.91 Å². The fraction of sp³-hybridized carbons (Fsp3) is 0.360. The van der Waals surface area contributed by atoms with Gasteiger partial charge in [-0.15, -0.1) is 0 Å². The zero-order chi connectivity index (χ0) is 21.7. The van der Waals surface area contributed by atoms with E-state index in [2.05, 4.69) is 16.5 Å². The summed E-state index contributed by atoms with van der Waals surface area (Å²) in [5, 5.41) is 6.77. The van der Waals surface area contributed by atoms with E-state index in [-0.39, 0.29) is 12.5 Å². The molecule has 1 aliphatic carbocycles. The van der Waals surface area contributed by atoms with Gasteiger partial charge in [0.2, 0.25) is 0 Å². The Kier molecular flexibility index (Phi) is 8.98. The summed E-state index contributed by atoms with van der Waals surface area (Å²) in [7, 11) is 1.60. The van der Waals surface area contributed by atoms with Gasteiger partial charge in [-0.25, -0.2) is 0 Å². The summed E-state index contributed by atoms with van der Waals surface area (Å²) in [5.74, 6) is 1.08. The summed E-state index contributed by atoms with van der Waals surface area (Å²) < 4.78 is 11.3. The van der Waals surface area contributed by atoms with Gasteiger partial charge in [0, 0.05) is 12.1 Å². The molecule has 0 saturated carbocycles. The Balaban J connectivity index is 1.43. The number of allylic oxidation sites excluding steroid dienone is 1. The van der Waals surface area contributed by atoms with Crippen molar-refractivity contribution >= 4 is 12.1 Å². The molecule has 1 N–H and O–H groups in total. The average molecular weight is 423 g/mol. The van der Waals surface area contributed by atoms with Gasteiger partial charge < -0.3 is 19.6 Å².